The van der Waals surface area contributed by atoms with Crippen molar-refractivity contribution in [2.45, 2.75) is 43.7 Å². The van der Waals surface area contributed by atoms with E-state index < -0.39 is 6.04 Å². The zero-order valence-electron chi connectivity index (χ0n) is 20.1. The Morgan fingerprint density at radius 3 is 2.22 bits per heavy atom. The molecule has 3 aromatic rings. The summed E-state index contributed by atoms with van der Waals surface area (Å²) >= 11 is 20.5. The highest BCUT2D eigenvalue weighted by Gasteiger charge is 2.31. The number of hydrogen-bond donors (Lipinski definition) is 1. The first kappa shape index (κ1) is 28.4. The van der Waals surface area contributed by atoms with Gasteiger partial charge in [-0.3, -0.25) is 9.59 Å². The minimum absolute atomic E-state index is 0.139. The number of thioether (sulfide) groups is 1. The molecule has 0 saturated carbocycles. The molecule has 0 aliphatic rings. The number of carbonyl (C=O) groups excluding carboxylic acids is 2. The highest BCUT2D eigenvalue weighted by atomic mass is 35.5. The summed E-state index contributed by atoms with van der Waals surface area (Å²) in [7, 11) is 0. The van der Waals surface area contributed by atoms with Crippen LogP contribution in [0.1, 0.15) is 30.9 Å². The summed E-state index contributed by atoms with van der Waals surface area (Å²) in [5, 5.41) is 4.56. The van der Waals surface area contributed by atoms with Gasteiger partial charge in [0.05, 0.1) is 0 Å². The highest BCUT2D eigenvalue weighted by molar-refractivity contribution is 7.99. The molecule has 4 nitrogen and oxygen atoms in total. The topological polar surface area (TPSA) is 49.4 Å². The first-order valence-electron chi connectivity index (χ1n) is 11.8. The molecule has 0 aliphatic carbocycles. The normalized spacial score (nSPS) is 11.7. The summed E-state index contributed by atoms with van der Waals surface area (Å²) in [6.07, 6.45) is 1.43. The molecule has 0 spiro atoms. The van der Waals surface area contributed by atoms with Crippen LogP contribution in [0.5, 0.6) is 0 Å². The molecular weight excluding hydrogens is 535 g/mol. The van der Waals surface area contributed by atoms with Crippen molar-refractivity contribution in [3.8, 4) is 0 Å². The van der Waals surface area contributed by atoms with Crippen molar-refractivity contribution >= 4 is 58.4 Å². The number of benzene rings is 3. The molecule has 0 heterocycles. The van der Waals surface area contributed by atoms with E-state index in [1.54, 1.807) is 34.9 Å². The molecule has 190 valence electrons. The lowest BCUT2D eigenvalue weighted by Crippen LogP contribution is -2.50. The van der Waals surface area contributed by atoms with E-state index in [0.717, 1.165) is 16.9 Å². The number of hydrogen-bond acceptors (Lipinski definition) is 3. The molecule has 8 heteroatoms. The summed E-state index contributed by atoms with van der Waals surface area (Å²) in [6, 6.07) is 21.7. The van der Waals surface area contributed by atoms with Crippen LogP contribution in [0, 0.1) is 0 Å². The fraction of sp³-hybridized carbons (Fsp3) is 0.286. The minimum Gasteiger partial charge on any atom is -0.354 e. The van der Waals surface area contributed by atoms with Crippen LogP contribution < -0.4 is 5.32 Å². The Hall–Kier alpha value is -2.18. The van der Waals surface area contributed by atoms with Gasteiger partial charge in [-0.05, 0) is 48.4 Å². The van der Waals surface area contributed by atoms with Crippen LogP contribution >= 0.6 is 46.6 Å². The Bertz CT molecular complexity index is 1120. The van der Waals surface area contributed by atoms with E-state index >= 15 is 0 Å². The second-order valence-corrected chi connectivity index (χ2v) is 10.7. The van der Waals surface area contributed by atoms with Gasteiger partial charge in [0.2, 0.25) is 11.8 Å². The van der Waals surface area contributed by atoms with Crippen molar-refractivity contribution in [2.75, 3.05) is 12.3 Å². The zero-order valence-corrected chi connectivity index (χ0v) is 23.1. The lowest BCUT2D eigenvalue weighted by atomic mass is 10.0. The maximum absolute atomic E-state index is 13.6. The van der Waals surface area contributed by atoms with Gasteiger partial charge in [-0.15, -0.1) is 11.8 Å². The van der Waals surface area contributed by atoms with Gasteiger partial charge in [0.15, 0.2) is 0 Å². The molecule has 1 atom stereocenters. The van der Waals surface area contributed by atoms with Crippen molar-refractivity contribution in [3.05, 3.63) is 99.0 Å². The first-order chi connectivity index (χ1) is 17.4. The van der Waals surface area contributed by atoms with Gasteiger partial charge in [0.1, 0.15) is 6.04 Å². The molecule has 0 radical (unpaired) electrons. The summed E-state index contributed by atoms with van der Waals surface area (Å²) in [6.45, 7) is 2.67. The molecule has 1 N–H and O–H groups in total. The lowest BCUT2D eigenvalue weighted by Gasteiger charge is -2.32. The van der Waals surface area contributed by atoms with E-state index in [4.69, 9.17) is 34.8 Å². The van der Waals surface area contributed by atoms with E-state index in [0.29, 0.717) is 39.3 Å². The van der Waals surface area contributed by atoms with Crippen molar-refractivity contribution < 1.29 is 9.59 Å². The van der Waals surface area contributed by atoms with Crippen LogP contribution in [0.25, 0.3) is 0 Å². The van der Waals surface area contributed by atoms with Crippen LogP contribution in [-0.2, 0) is 22.6 Å². The Labute approximate surface area is 232 Å². The van der Waals surface area contributed by atoms with Crippen molar-refractivity contribution in [3.63, 3.8) is 0 Å². The summed E-state index contributed by atoms with van der Waals surface area (Å²) in [5.74, 6) is 0.226. The largest absolute Gasteiger partial charge is 0.354 e. The molecule has 2 amide bonds. The molecule has 1 unspecified atom stereocenters. The van der Waals surface area contributed by atoms with Gasteiger partial charge in [0, 0.05) is 57.2 Å². The number of halogens is 3. The first-order valence-corrected chi connectivity index (χ1v) is 13.9. The fourth-order valence-corrected chi connectivity index (χ4v) is 5.19. The summed E-state index contributed by atoms with van der Waals surface area (Å²) < 4.78 is 0. The maximum Gasteiger partial charge on any atom is 0.243 e. The van der Waals surface area contributed by atoms with Gasteiger partial charge >= 0.3 is 0 Å². The van der Waals surface area contributed by atoms with Crippen molar-refractivity contribution in [2.24, 2.45) is 0 Å². The third kappa shape index (κ3) is 8.45. The monoisotopic (exact) mass is 562 g/mol. The minimum atomic E-state index is -0.709. The van der Waals surface area contributed by atoms with E-state index in [-0.39, 0.29) is 24.8 Å². The van der Waals surface area contributed by atoms with E-state index in [1.165, 1.54) is 0 Å². The summed E-state index contributed by atoms with van der Waals surface area (Å²) in [5.41, 5.74) is 1.59. The Morgan fingerprint density at radius 2 is 1.58 bits per heavy atom. The van der Waals surface area contributed by atoms with Gasteiger partial charge < -0.3 is 10.2 Å². The third-order valence-corrected chi connectivity index (χ3v) is 7.58. The maximum atomic E-state index is 13.6. The van der Waals surface area contributed by atoms with Crippen molar-refractivity contribution in [1.82, 2.24) is 10.2 Å². The van der Waals surface area contributed by atoms with Crippen LogP contribution in [0.4, 0.5) is 0 Å². The third-order valence-electron chi connectivity index (χ3n) is 5.61. The molecule has 3 rings (SSSR count). The molecule has 3 aromatic carbocycles. The highest BCUT2D eigenvalue weighted by Crippen LogP contribution is 2.28. The lowest BCUT2D eigenvalue weighted by molar-refractivity contribution is -0.141. The van der Waals surface area contributed by atoms with Crippen LogP contribution in [0.15, 0.2) is 77.7 Å². The standard InChI is InChI=1S/C28H29Cl3N2O2S/c1-2-16-32-28(35)26(18-20-7-4-3-5-8-20)33(19-23-24(30)9-6-10-25(23)31)27(34)15-17-36-22-13-11-21(29)12-14-22/h3-14,26H,2,15-19H2,1H3,(H,32,35). The average molecular weight is 564 g/mol. The van der Waals surface area contributed by atoms with Crippen LogP contribution in [0.2, 0.25) is 15.1 Å². The number of nitrogens with one attached hydrogen (secondary N) is 1. The van der Waals surface area contributed by atoms with Crippen LogP contribution in [-0.4, -0.2) is 35.1 Å². The number of rotatable bonds is 12. The quantitative estimate of drug-likeness (QED) is 0.235. The molecule has 0 aliphatic heterocycles. The van der Waals surface area contributed by atoms with E-state index in [9.17, 15) is 9.59 Å². The molecule has 0 saturated heterocycles. The molecular formula is C28H29Cl3N2O2S. The summed E-state index contributed by atoms with van der Waals surface area (Å²) in [4.78, 5) is 29.6. The predicted octanol–water partition coefficient (Wildman–Crippen LogP) is 7.30. The molecule has 36 heavy (non-hydrogen) atoms. The van der Waals surface area contributed by atoms with Gasteiger partial charge in [-0.1, -0.05) is 78.1 Å². The second-order valence-electron chi connectivity index (χ2n) is 8.27. The van der Waals surface area contributed by atoms with Crippen LogP contribution in [0.3, 0.4) is 0 Å². The average Bonchev–Trinajstić information content (AvgIpc) is 2.88. The smallest absolute Gasteiger partial charge is 0.243 e. The number of amides is 2. The molecule has 0 fully saturated rings. The number of nitrogens with zero attached hydrogens (tertiary/aromatic N) is 1. The van der Waals surface area contributed by atoms with Gasteiger partial charge in [0.25, 0.3) is 0 Å². The van der Waals surface area contributed by atoms with Gasteiger partial charge in [-0.25, -0.2) is 0 Å². The second kappa shape index (κ2) is 14.5. The van der Waals surface area contributed by atoms with E-state index in [1.807, 2.05) is 61.5 Å². The fourth-order valence-electron chi connectivity index (χ4n) is 3.70. The molecule has 0 aromatic heterocycles. The van der Waals surface area contributed by atoms with Crippen molar-refractivity contribution in [1.29, 1.82) is 0 Å². The van der Waals surface area contributed by atoms with Gasteiger partial charge in [-0.2, -0.15) is 0 Å². The Balaban J connectivity index is 1.87. The predicted molar refractivity (Wildman–Crippen MR) is 151 cm³/mol. The molecule has 0 bridgehead atoms. The Morgan fingerprint density at radius 1 is 0.917 bits per heavy atom. The Kier molecular flexibility index (Phi) is 11.5. The van der Waals surface area contributed by atoms with E-state index in [2.05, 4.69) is 5.32 Å². The number of carbonyl (C=O) groups is 2. The SMILES string of the molecule is CCCNC(=O)C(Cc1ccccc1)N(Cc1c(Cl)cccc1Cl)C(=O)CCSc1ccc(Cl)cc1. The zero-order chi connectivity index (χ0) is 25.9.